The zero-order valence-corrected chi connectivity index (χ0v) is 23.5. The highest BCUT2D eigenvalue weighted by atomic mass is 19.1. The van der Waals surface area contributed by atoms with Crippen LogP contribution in [0.5, 0.6) is 11.5 Å². The summed E-state index contributed by atoms with van der Waals surface area (Å²) < 4.78 is 62.6. The molecule has 2 saturated heterocycles. The third-order valence-corrected chi connectivity index (χ3v) is 8.04. The lowest BCUT2D eigenvalue weighted by molar-refractivity contribution is 0.0154. The number of nitrogens with zero attached hydrogens (tertiary/aromatic N) is 2. The molecule has 2 fully saturated rings. The number of ether oxygens (including phenoxy) is 3. The Hall–Kier alpha value is -3.76. The molecule has 0 bridgehead atoms. The van der Waals surface area contributed by atoms with E-state index in [0.29, 0.717) is 47.9 Å². The maximum Gasteiger partial charge on any atom is 0.191 e. The van der Waals surface area contributed by atoms with Crippen molar-refractivity contribution >= 4 is 23.3 Å². The van der Waals surface area contributed by atoms with Gasteiger partial charge in [-0.05, 0) is 62.1 Å². The first-order valence-corrected chi connectivity index (χ1v) is 14.6. The molecule has 2 N–H and O–H groups in total. The second-order valence-electron chi connectivity index (χ2n) is 11.0. The minimum Gasteiger partial charge on any atom is -0.488 e. The number of nitrogens with one attached hydrogen (secondary N) is 2. The number of fused-ring (bicyclic) bond motifs is 1. The quantitative estimate of drug-likeness (QED) is 0.272. The Morgan fingerprint density at radius 1 is 1.05 bits per heavy atom. The lowest BCUT2D eigenvalue weighted by atomic mass is 9.99. The van der Waals surface area contributed by atoms with Gasteiger partial charge in [0.05, 0.1) is 17.3 Å². The van der Waals surface area contributed by atoms with Gasteiger partial charge in [0.2, 0.25) is 0 Å². The number of hydrogen-bond donors (Lipinski definition) is 2. The standard InChI is InChI=1S/C32H35F3N4O3/c1-2-12-38-17-23(18-38)42-32-25(34)14-22(15-26(32)35)39-28-11-10-27(37-30-5-3-4-13-40-30)24(16-36)31(28)41-19-29(39)20-6-8-21(33)9-7-20/h6-11,14-16,23,29-30,36-37H,2-5,12-13,17-19H2,1H3/t29-,30?/m0/s1. The summed E-state index contributed by atoms with van der Waals surface area (Å²) in [5.74, 6) is -1.97. The van der Waals surface area contributed by atoms with Crippen LogP contribution in [0.25, 0.3) is 0 Å². The van der Waals surface area contributed by atoms with Crippen molar-refractivity contribution in [2.24, 2.45) is 0 Å². The van der Waals surface area contributed by atoms with E-state index in [4.69, 9.17) is 19.6 Å². The van der Waals surface area contributed by atoms with E-state index in [0.717, 1.165) is 32.2 Å². The summed E-state index contributed by atoms with van der Waals surface area (Å²) in [6, 6.07) is 11.6. The Balaban J connectivity index is 1.36. The molecular formula is C32H35F3N4O3. The molecule has 6 rings (SSSR count). The second kappa shape index (κ2) is 12.2. The number of rotatable bonds is 9. The zero-order chi connectivity index (χ0) is 29.2. The predicted octanol–water partition coefficient (Wildman–Crippen LogP) is 6.78. The third kappa shape index (κ3) is 5.65. The summed E-state index contributed by atoms with van der Waals surface area (Å²) in [6.07, 6.45) is 4.67. The predicted molar refractivity (Wildman–Crippen MR) is 156 cm³/mol. The number of benzene rings is 3. The van der Waals surface area contributed by atoms with E-state index in [2.05, 4.69) is 17.1 Å². The SMILES string of the molecule is CCCN1CC(Oc2c(F)cc(N3c4ccc(NC5CCCCO5)c(C=N)c4OC[C@H]3c3ccc(F)cc3)cc2F)C1. The lowest BCUT2D eigenvalue weighted by Crippen LogP contribution is -2.53. The smallest absolute Gasteiger partial charge is 0.191 e. The van der Waals surface area contributed by atoms with Crippen LogP contribution in [0.2, 0.25) is 0 Å². The van der Waals surface area contributed by atoms with E-state index in [9.17, 15) is 4.39 Å². The van der Waals surface area contributed by atoms with Crippen LogP contribution < -0.4 is 19.7 Å². The lowest BCUT2D eigenvalue weighted by Gasteiger charge is -2.40. The maximum absolute atomic E-state index is 15.5. The molecule has 0 spiro atoms. The van der Waals surface area contributed by atoms with E-state index in [-0.39, 0.29) is 36.2 Å². The Bertz CT molecular complexity index is 1400. The van der Waals surface area contributed by atoms with Crippen LogP contribution in [-0.2, 0) is 4.74 Å². The molecular weight excluding hydrogens is 545 g/mol. The summed E-state index contributed by atoms with van der Waals surface area (Å²) in [5.41, 5.74) is 2.68. The second-order valence-corrected chi connectivity index (χ2v) is 11.0. The van der Waals surface area contributed by atoms with Gasteiger partial charge >= 0.3 is 0 Å². The third-order valence-electron chi connectivity index (χ3n) is 8.04. The van der Waals surface area contributed by atoms with Crippen LogP contribution in [0, 0.1) is 22.9 Å². The van der Waals surface area contributed by atoms with Crippen LogP contribution in [0.1, 0.15) is 49.8 Å². The van der Waals surface area contributed by atoms with Gasteiger partial charge in [0.1, 0.15) is 24.8 Å². The summed E-state index contributed by atoms with van der Waals surface area (Å²) in [4.78, 5) is 3.96. The topological polar surface area (TPSA) is 70.0 Å². The van der Waals surface area contributed by atoms with Crippen molar-refractivity contribution < 1.29 is 27.4 Å². The van der Waals surface area contributed by atoms with Gasteiger partial charge < -0.3 is 29.8 Å². The largest absolute Gasteiger partial charge is 0.488 e. The fourth-order valence-electron chi connectivity index (χ4n) is 5.94. The molecule has 3 aromatic carbocycles. The molecule has 42 heavy (non-hydrogen) atoms. The number of likely N-dealkylation sites (tertiary alicyclic amines) is 1. The van der Waals surface area contributed by atoms with Gasteiger partial charge in [-0.3, -0.25) is 4.90 Å². The van der Waals surface area contributed by atoms with E-state index in [1.807, 2.05) is 6.07 Å². The molecule has 3 aliphatic heterocycles. The fourth-order valence-corrected chi connectivity index (χ4v) is 5.94. The van der Waals surface area contributed by atoms with Crippen molar-refractivity contribution in [1.82, 2.24) is 4.90 Å². The Morgan fingerprint density at radius 3 is 2.48 bits per heavy atom. The molecule has 0 aliphatic carbocycles. The van der Waals surface area contributed by atoms with E-state index in [1.54, 1.807) is 23.1 Å². The molecule has 2 atom stereocenters. The van der Waals surface area contributed by atoms with Gasteiger partial charge in [-0.25, -0.2) is 13.2 Å². The monoisotopic (exact) mass is 580 g/mol. The summed E-state index contributed by atoms with van der Waals surface area (Å²) in [6.45, 7) is 5.05. The van der Waals surface area contributed by atoms with Crippen molar-refractivity contribution in [3.8, 4) is 11.5 Å². The number of hydrogen-bond acceptors (Lipinski definition) is 7. The minimum atomic E-state index is -0.801. The maximum atomic E-state index is 15.5. The molecule has 1 unspecified atom stereocenters. The molecule has 10 heteroatoms. The first-order valence-electron chi connectivity index (χ1n) is 14.6. The highest BCUT2D eigenvalue weighted by Crippen LogP contribution is 2.48. The highest BCUT2D eigenvalue weighted by molar-refractivity contribution is 5.94. The van der Waals surface area contributed by atoms with E-state index >= 15 is 8.78 Å². The van der Waals surface area contributed by atoms with E-state index < -0.39 is 17.7 Å². The normalized spacial score (nSPS) is 20.8. The average molecular weight is 581 g/mol. The Labute approximate surface area is 243 Å². The fraction of sp³-hybridized carbons (Fsp3) is 0.406. The Morgan fingerprint density at radius 2 is 1.81 bits per heavy atom. The average Bonchev–Trinajstić information content (AvgIpc) is 2.97. The van der Waals surface area contributed by atoms with Crippen LogP contribution in [-0.4, -0.2) is 56.3 Å². The molecule has 7 nitrogen and oxygen atoms in total. The van der Waals surface area contributed by atoms with Crippen molar-refractivity contribution in [1.29, 1.82) is 5.41 Å². The molecule has 3 heterocycles. The molecule has 3 aliphatic rings. The van der Waals surface area contributed by atoms with Gasteiger partial charge in [0.15, 0.2) is 23.1 Å². The molecule has 0 radical (unpaired) electrons. The van der Waals surface area contributed by atoms with Crippen LogP contribution in [0.15, 0.2) is 48.5 Å². The highest BCUT2D eigenvalue weighted by Gasteiger charge is 2.35. The van der Waals surface area contributed by atoms with Gasteiger partial charge in [-0.1, -0.05) is 19.1 Å². The Kier molecular flexibility index (Phi) is 8.26. The summed E-state index contributed by atoms with van der Waals surface area (Å²) >= 11 is 0. The number of halogens is 3. The first-order chi connectivity index (χ1) is 20.4. The zero-order valence-electron chi connectivity index (χ0n) is 23.5. The number of anilines is 3. The van der Waals surface area contributed by atoms with E-state index in [1.165, 1.54) is 30.5 Å². The van der Waals surface area contributed by atoms with Crippen LogP contribution in [0.3, 0.4) is 0 Å². The van der Waals surface area contributed by atoms with Gasteiger partial charge in [-0.2, -0.15) is 0 Å². The molecule has 0 aromatic heterocycles. The molecule has 3 aromatic rings. The van der Waals surface area contributed by atoms with Crippen molar-refractivity contribution in [2.45, 2.75) is 51.0 Å². The van der Waals surface area contributed by atoms with Gasteiger partial charge in [-0.15, -0.1) is 0 Å². The van der Waals surface area contributed by atoms with Gasteiger partial charge in [0, 0.05) is 49.4 Å². The molecule has 222 valence electrons. The summed E-state index contributed by atoms with van der Waals surface area (Å²) in [7, 11) is 0. The minimum absolute atomic E-state index is 0.111. The van der Waals surface area contributed by atoms with Crippen molar-refractivity contribution in [3.63, 3.8) is 0 Å². The van der Waals surface area contributed by atoms with Gasteiger partial charge in [0.25, 0.3) is 0 Å². The van der Waals surface area contributed by atoms with Crippen LogP contribution in [0.4, 0.5) is 30.2 Å². The van der Waals surface area contributed by atoms with Crippen molar-refractivity contribution in [3.05, 3.63) is 77.1 Å². The van der Waals surface area contributed by atoms with Crippen molar-refractivity contribution in [2.75, 3.05) is 43.1 Å². The first kappa shape index (κ1) is 28.4. The molecule has 0 amide bonds. The summed E-state index contributed by atoms with van der Waals surface area (Å²) in [5, 5.41) is 11.6. The molecule has 0 saturated carbocycles. The van der Waals surface area contributed by atoms with Crippen LogP contribution >= 0.6 is 0 Å².